The van der Waals surface area contributed by atoms with Crippen molar-refractivity contribution in [3.05, 3.63) is 34.9 Å². The van der Waals surface area contributed by atoms with E-state index in [-0.39, 0.29) is 29.9 Å². The van der Waals surface area contributed by atoms with Gasteiger partial charge in [-0.25, -0.2) is 0 Å². The normalized spacial score (nSPS) is 11.0. The number of carbonyl (C=O) groups excluding carboxylic acids is 1. The lowest BCUT2D eigenvalue weighted by atomic mass is 10.1. The van der Waals surface area contributed by atoms with Crippen molar-refractivity contribution in [1.82, 2.24) is 10.6 Å². The van der Waals surface area contributed by atoms with Gasteiger partial charge in [0.25, 0.3) is 5.91 Å². The second kappa shape index (κ2) is 11.5. The summed E-state index contributed by atoms with van der Waals surface area (Å²) >= 11 is 5.95. The first-order chi connectivity index (χ1) is 10.0. The number of benzene rings is 1. The Morgan fingerprint density at radius 2 is 1.91 bits per heavy atom. The first-order valence-corrected chi connectivity index (χ1v) is 7.45. The van der Waals surface area contributed by atoms with Crippen molar-refractivity contribution in [3.8, 4) is 0 Å². The van der Waals surface area contributed by atoms with Gasteiger partial charge in [0, 0.05) is 19.6 Å². The van der Waals surface area contributed by atoms with E-state index in [4.69, 9.17) is 17.3 Å². The summed E-state index contributed by atoms with van der Waals surface area (Å²) in [5, 5.41) is 6.17. The molecule has 0 bridgehead atoms. The van der Waals surface area contributed by atoms with E-state index in [2.05, 4.69) is 29.5 Å². The lowest BCUT2D eigenvalue weighted by molar-refractivity contribution is 0.0954. The molecule has 7 heteroatoms. The van der Waals surface area contributed by atoms with Crippen LogP contribution in [0.1, 0.15) is 30.6 Å². The fourth-order valence-electron chi connectivity index (χ4n) is 1.61. The van der Waals surface area contributed by atoms with E-state index in [1.807, 2.05) is 0 Å². The highest BCUT2D eigenvalue weighted by Gasteiger charge is 2.08. The molecule has 1 amide bonds. The van der Waals surface area contributed by atoms with E-state index in [0.29, 0.717) is 42.1 Å². The second-order valence-corrected chi connectivity index (χ2v) is 5.52. The van der Waals surface area contributed by atoms with Crippen LogP contribution in [0.4, 0.5) is 0 Å². The van der Waals surface area contributed by atoms with E-state index in [0.717, 1.165) is 6.42 Å². The first-order valence-electron chi connectivity index (χ1n) is 7.07. The van der Waals surface area contributed by atoms with Crippen LogP contribution in [-0.4, -0.2) is 31.5 Å². The molecule has 22 heavy (non-hydrogen) atoms. The molecular formula is C15H24ClIN4O. The Morgan fingerprint density at radius 1 is 1.27 bits per heavy atom. The Bertz CT molecular complexity index is 494. The Hall–Kier alpha value is -1.02. The fourth-order valence-corrected chi connectivity index (χ4v) is 1.83. The summed E-state index contributed by atoms with van der Waals surface area (Å²) in [4.78, 5) is 16.1. The number of nitrogens with zero attached hydrogens (tertiary/aromatic N) is 1. The van der Waals surface area contributed by atoms with Crippen LogP contribution >= 0.6 is 35.6 Å². The predicted octanol–water partition coefficient (Wildman–Crippen LogP) is 2.64. The molecule has 5 nitrogen and oxygen atoms in total. The maximum atomic E-state index is 11.9. The van der Waals surface area contributed by atoms with Crippen molar-refractivity contribution in [2.75, 3.05) is 19.6 Å². The first kappa shape index (κ1) is 21.0. The van der Waals surface area contributed by atoms with Crippen molar-refractivity contribution < 1.29 is 4.79 Å². The molecule has 0 fully saturated rings. The van der Waals surface area contributed by atoms with Crippen LogP contribution < -0.4 is 16.4 Å². The maximum Gasteiger partial charge on any atom is 0.252 e. The standard InChI is InChI=1S/C15H23ClN4O.HI/c1-11(2)7-8-19-15(17)20-10-9-18-14(21)12-5-3-4-6-13(12)16;/h3-6,11H,7-10H2,1-2H3,(H,18,21)(H3,17,19,20);1H. The summed E-state index contributed by atoms with van der Waals surface area (Å²) in [5.41, 5.74) is 6.19. The van der Waals surface area contributed by atoms with Gasteiger partial charge in [-0.2, -0.15) is 0 Å². The number of nitrogens with one attached hydrogen (secondary N) is 2. The molecule has 1 rings (SSSR count). The molecule has 0 aliphatic rings. The van der Waals surface area contributed by atoms with E-state index in [1.54, 1.807) is 24.3 Å². The number of carbonyl (C=O) groups is 1. The van der Waals surface area contributed by atoms with Crippen LogP contribution in [0.15, 0.2) is 29.3 Å². The highest BCUT2D eigenvalue weighted by molar-refractivity contribution is 14.0. The van der Waals surface area contributed by atoms with Gasteiger partial charge < -0.3 is 16.4 Å². The van der Waals surface area contributed by atoms with Crippen LogP contribution in [0, 0.1) is 5.92 Å². The van der Waals surface area contributed by atoms with Crippen molar-refractivity contribution in [3.63, 3.8) is 0 Å². The zero-order valence-corrected chi connectivity index (χ0v) is 16.0. The van der Waals surface area contributed by atoms with Gasteiger partial charge in [-0.05, 0) is 24.5 Å². The molecule has 0 radical (unpaired) electrons. The van der Waals surface area contributed by atoms with Gasteiger partial charge in [0.05, 0.1) is 10.6 Å². The van der Waals surface area contributed by atoms with Crippen molar-refractivity contribution in [2.24, 2.45) is 16.6 Å². The summed E-state index contributed by atoms with van der Waals surface area (Å²) in [5.74, 6) is 0.816. The van der Waals surface area contributed by atoms with E-state index in [9.17, 15) is 4.79 Å². The average Bonchev–Trinajstić information content (AvgIpc) is 2.43. The van der Waals surface area contributed by atoms with Gasteiger partial charge >= 0.3 is 0 Å². The lowest BCUT2D eigenvalue weighted by Gasteiger charge is -2.08. The van der Waals surface area contributed by atoms with Crippen LogP contribution in [0.25, 0.3) is 0 Å². The largest absolute Gasteiger partial charge is 0.370 e. The number of nitrogens with two attached hydrogens (primary N) is 1. The van der Waals surface area contributed by atoms with Crippen LogP contribution in [-0.2, 0) is 0 Å². The maximum absolute atomic E-state index is 11.9. The molecule has 0 saturated carbocycles. The number of aliphatic imine (C=N–C) groups is 1. The molecule has 0 atom stereocenters. The minimum atomic E-state index is -0.197. The molecule has 0 aromatic heterocycles. The predicted molar refractivity (Wildman–Crippen MR) is 103 cm³/mol. The Labute approximate surface area is 154 Å². The lowest BCUT2D eigenvalue weighted by Crippen LogP contribution is -2.38. The van der Waals surface area contributed by atoms with Crippen LogP contribution in [0.5, 0.6) is 0 Å². The third-order valence-electron chi connectivity index (χ3n) is 2.82. The van der Waals surface area contributed by atoms with Gasteiger partial charge in [-0.3, -0.25) is 9.79 Å². The van der Waals surface area contributed by atoms with Crippen molar-refractivity contribution in [1.29, 1.82) is 0 Å². The van der Waals surface area contributed by atoms with E-state index < -0.39 is 0 Å². The molecule has 0 aliphatic carbocycles. The minimum Gasteiger partial charge on any atom is -0.370 e. The second-order valence-electron chi connectivity index (χ2n) is 5.11. The summed E-state index contributed by atoms with van der Waals surface area (Å²) in [6.07, 6.45) is 1.01. The van der Waals surface area contributed by atoms with Gasteiger partial charge in [0.2, 0.25) is 0 Å². The highest BCUT2D eigenvalue weighted by Crippen LogP contribution is 2.14. The quantitative estimate of drug-likeness (QED) is 0.265. The molecule has 0 unspecified atom stereocenters. The Morgan fingerprint density at radius 3 is 2.55 bits per heavy atom. The molecule has 4 N–H and O–H groups in total. The number of hydrogen-bond acceptors (Lipinski definition) is 2. The SMILES string of the molecule is CC(C)CCN=C(N)NCCNC(=O)c1ccccc1Cl.I. The Balaban J connectivity index is 0.00000441. The number of halogens is 2. The van der Waals surface area contributed by atoms with Gasteiger partial charge in [0.15, 0.2) is 5.96 Å². The van der Waals surface area contributed by atoms with Crippen molar-refractivity contribution >= 4 is 47.4 Å². The van der Waals surface area contributed by atoms with Crippen LogP contribution in [0.3, 0.4) is 0 Å². The van der Waals surface area contributed by atoms with E-state index in [1.165, 1.54) is 0 Å². The third-order valence-corrected chi connectivity index (χ3v) is 3.15. The zero-order chi connectivity index (χ0) is 15.7. The Kier molecular flexibility index (Phi) is 11.0. The number of rotatable bonds is 7. The van der Waals surface area contributed by atoms with E-state index >= 15 is 0 Å². The monoisotopic (exact) mass is 438 g/mol. The number of hydrogen-bond donors (Lipinski definition) is 3. The van der Waals surface area contributed by atoms with Crippen molar-refractivity contribution in [2.45, 2.75) is 20.3 Å². The summed E-state index contributed by atoms with van der Waals surface area (Å²) in [7, 11) is 0. The molecular weight excluding hydrogens is 415 g/mol. The smallest absolute Gasteiger partial charge is 0.252 e. The van der Waals surface area contributed by atoms with Gasteiger partial charge in [0.1, 0.15) is 0 Å². The fraction of sp³-hybridized carbons (Fsp3) is 0.467. The average molecular weight is 439 g/mol. The van der Waals surface area contributed by atoms with Gasteiger partial charge in [-0.15, -0.1) is 24.0 Å². The summed E-state index contributed by atoms with van der Waals surface area (Å²) < 4.78 is 0. The summed E-state index contributed by atoms with van der Waals surface area (Å²) in [6, 6.07) is 6.94. The molecule has 1 aromatic carbocycles. The molecule has 124 valence electrons. The number of amides is 1. The molecule has 1 aromatic rings. The highest BCUT2D eigenvalue weighted by atomic mass is 127. The summed E-state index contributed by atoms with van der Waals surface area (Å²) in [6.45, 7) is 5.97. The number of guanidine groups is 1. The topological polar surface area (TPSA) is 79.5 Å². The molecule has 0 saturated heterocycles. The van der Waals surface area contributed by atoms with Crippen LogP contribution in [0.2, 0.25) is 5.02 Å². The zero-order valence-electron chi connectivity index (χ0n) is 12.9. The molecule has 0 spiro atoms. The molecule has 0 aliphatic heterocycles. The third kappa shape index (κ3) is 8.43. The van der Waals surface area contributed by atoms with Gasteiger partial charge in [-0.1, -0.05) is 37.6 Å². The molecule has 0 heterocycles. The minimum absolute atomic E-state index is 0.